The highest BCUT2D eigenvalue weighted by Gasteiger charge is 2.46. The lowest BCUT2D eigenvalue weighted by molar-refractivity contribution is 0.660. The molecule has 0 fully saturated rings. The Bertz CT molecular complexity index is 4310. The first-order valence-corrected chi connectivity index (χ1v) is 26.9. The van der Waals surface area contributed by atoms with Crippen molar-refractivity contribution in [3.8, 4) is 44.5 Å². The molecule has 0 saturated carbocycles. The summed E-state index contributed by atoms with van der Waals surface area (Å²) < 4.78 is 5.32. The van der Waals surface area contributed by atoms with Gasteiger partial charge in [-0.25, -0.2) is 0 Å². The Hall–Kier alpha value is -8.34. The summed E-state index contributed by atoms with van der Waals surface area (Å²) in [4.78, 5) is 2.49. The number of rotatable bonds is 7. The molecule has 1 nitrogen and oxygen atoms in total. The molecule has 0 bridgehead atoms. The maximum atomic E-state index is 2.49. The summed E-state index contributed by atoms with van der Waals surface area (Å²) in [6, 6.07) is 93.5. The van der Waals surface area contributed by atoms with Gasteiger partial charge in [-0.2, -0.15) is 0 Å². The second kappa shape index (κ2) is 16.1. The standard InChI is InChI=1S/C70H47NS2/c1-69(2)63-41-46(45-31-39-67-60(40-45)57-22-11-13-26-65(57)72-67)30-36-54(63)55-37-34-51(43-64(55)69)71(49-32-28-44(29-33-49)52-23-15-24-58-56-21-10-14-27-66(56)73-68(52)58)50-35-38-62-59(42-50)53-20-9-12-25-61(53)70(62,47-16-5-3-6-17-47)48-18-7-4-8-19-48/h3-43H,1-2H3. The van der Waals surface area contributed by atoms with Crippen LogP contribution in [0.2, 0.25) is 0 Å². The maximum Gasteiger partial charge on any atom is 0.0713 e. The summed E-state index contributed by atoms with van der Waals surface area (Å²) in [6.07, 6.45) is 0. The number of nitrogens with zero attached hydrogens (tertiary/aromatic N) is 1. The van der Waals surface area contributed by atoms with Gasteiger partial charge in [-0.15, -0.1) is 22.7 Å². The second-order valence-electron chi connectivity index (χ2n) is 20.3. The molecule has 0 atom stereocenters. The first-order chi connectivity index (χ1) is 35.9. The lowest BCUT2D eigenvalue weighted by Gasteiger charge is -2.34. The van der Waals surface area contributed by atoms with E-state index in [9.17, 15) is 0 Å². The van der Waals surface area contributed by atoms with Crippen molar-refractivity contribution in [3.05, 3.63) is 282 Å². The fourth-order valence-corrected chi connectivity index (χ4v) is 15.1. The van der Waals surface area contributed by atoms with Crippen LogP contribution in [0.15, 0.2) is 249 Å². The van der Waals surface area contributed by atoms with Crippen molar-refractivity contribution in [2.24, 2.45) is 0 Å². The topological polar surface area (TPSA) is 3.24 Å². The zero-order valence-corrected chi connectivity index (χ0v) is 42.1. The van der Waals surface area contributed by atoms with Crippen LogP contribution in [0.1, 0.15) is 47.2 Å². The van der Waals surface area contributed by atoms with E-state index in [1.165, 1.54) is 118 Å². The number of thiophene rings is 2. The second-order valence-corrected chi connectivity index (χ2v) is 22.5. The molecular weight excluding hydrogens is 919 g/mol. The van der Waals surface area contributed by atoms with Gasteiger partial charge in [-0.05, 0) is 145 Å². The minimum Gasteiger partial charge on any atom is -0.310 e. The Labute approximate surface area is 433 Å². The third kappa shape index (κ3) is 6.26. The van der Waals surface area contributed by atoms with Crippen LogP contribution in [0.5, 0.6) is 0 Å². The Kier molecular flexibility index (Phi) is 9.33. The molecule has 344 valence electrons. The molecule has 0 unspecified atom stereocenters. The van der Waals surface area contributed by atoms with E-state index >= 15 is 0 Å². The molecule has 0 spiro atoms. The molecule has 2 heterocycles. The average Bonchev–Trinajstić information content (AvgIpc) is 4.17. The number of benzene rings is 11. The molecule has 15 rings (SSSR count). The predicted octanol–water partition coefficient (Wildman–Crippen LogP) is 19.9. The lowest BCUT2D eigenvalue weighted by Crippen LogP contribution is -2.28. The van der Waals surface area contributed by atoms with Gasteiger partial charge < -0.3 is 4.90 Å². The smallest absolute Gasteiger partial charge is 0.0713 e. The zero-order chi connectivity index (χ0) is 48.4. The SMILES string of the molecule is CC1(C)c2cc(-c3ccc4sc5ccccc5c4c3)ccc2-c2ccc(N(c3ccc(-c4cccc5c4sc4ccccc45)cc3)c3ccc4c(c3)-c3ccccc3C4(c3ccccc3)c3ccccc3)cc21. The monoisotopic (exact) mass is 965 g/mol. The molecule has 0 N–H and O–H groups in total. The Morgan fingerprint density at radius 1 is 0.301 bits per heavy atom. The number of anilines is 3. The Morgan fingerprint density at radius 3 is 1.58 bits per heavy atom. The molecule has 0 saturated heterocycles. The van der Waals surface area contributed by atoms with Crippen molar-refractivity contribution in [2.75, 3.05) is 4.90 Å². The quantitative estimate of drug-likeness (QED) is 0.154. The summed E-state index contributed by atoms with van der Waals surface area (Å²) >= 11 is 3.76. The van der Waals surface area contributed by atoms with Crippen molar-refractivity contribution < 1.29 is 0 Å². The summed E-state index contributed by atoms with van der Waals surface area (Å²) in [6.45, 7) is 4.82. The van der Waals surface area contributed by atoms with E-state index in [0.717, 1.165) is 17.1 Å². The summed E-state index contributed by atoms with van der Waals surface area (Å²) in [5, 5.41) is 5.30. The first kappa shape index (κ1) is 42.4. The van der Waals surface area contributed by atoms with Gasteiger partial charge >= 0.3 is 0 Å². The molecule has 2 aliphatic carbocycles. The third-order valence-electron chi connectivity index (χ3n) is 16.2. The fraction of sp³-hybridized carbons (Fsp3) is 0.0571. The van der Waals surface area contributed by atoms with Crippen molar-refractivity contribution in [1.82, 2.24) is 0 Å². The molecule has 0 aliphatic heterocycles. The molecular formula is C70H47NS2. The number of hydrogen-bond donors (Lipinski definition) is 0. The van der Waals surface area contributed by atoms with Crippen molar-refractivity contribution in [1.29, 1.82) is 0 Å². The molecule has 11 aromatic carbocycles. The fourth-order valence-electron chi connectivity index (χ4n) is 12.7. The van der Waals surface area contributed by atoms with Crippen molar-refractivity contribution in [3.63, 3.8) is 0 Å². The van der Waals surface area contributed by atoms with E-state index in [0.29, 0.717) is 0 Å². The largest absolute Gasteiger partial charge is 0.310 e. The van der Waals surface area contributed by atoms with E-state index in [-0.39, 0.29) is 5.41 Å². The third-order valence-corrected chi connectivity index (χ3v) is 18.5. The summed E-state index contributed by atoms with van der Waals surface area (Å²) in [5.41, 5.74) is 20.7. The number of fused-ring (bicyclic) bond motifs is 12. The zero-order valence-electron chi connectivity index (χ0n) is 40.4. The summed E-state index contributed by atoms with van der Waals surface area (Å²) in [5.74, 6) is 0. The van der Waals surface area contributed by atoms with Gasteiger partial charge in [0.25, 0.3) is 0 Å². The van der Waals surface area contributed by atoms with E-state index in [1.54, 1.807) is 0 Å². The van der Waals surface area contributed by atoms with Gasteiger partial charge in [0, 0.05) is 62.8 Å². The van der Waals surface area contributed by atoms with E-state index in [2.05, 4.69) is 267 Å². The molecule has 73 heavy (non-hydrogen) atoms. The van der Waals surface area contributed by atoms with Gasteiger partial charge in [0.1, 0.15) is 0 Å². The molecule has 2 aliphatic rings. The first-order valence-electron chi connectivity index (χ1n) is 25.3. The van der Waals surface area contributed by atoms with Gasteiger partial charge in [0.15, 0.2) is 0 Å². The average molecular weight is 966 g/mol. The predicted molar refractivity (Wildman–Crippen MR) is 313 cm³/mol. The minimum absolute atomic E-state index is 0.240. The normalized spacial score (nSPS) is 13.8. The van der Waals surface area contributed by atoms with Crippen molar-refractivity contribution in [2.45, 2.75) is 24.7 Å². The maximum absolute atomic E-state index is 2.49. The van der Waals surface area contributed by atoms with Gasteiger partial charge in [0.2, 0.25) is 0 Å². The highest BCUT2D eigenvalue weighted by Crippen LogP contribution is 2.58. The van der Waals surface area contributed by atoms with Crippen LogP contribution in [0.4, 0.5) is 17.1 Å². The summed E-state index contributed by atoms with van der Waals surface area (Å²) in [7, 11) is 0. The molecule has 2 aromatic heterocycles. The Balaban J connectivity index is 0.886. The van der Waals surface area contributed by atoms with Crippen LogP contribution in [0.3, 0.4) is 0 Å². The van der Waals surface area contributed by atoms with Crippen molar-refractivity contribution >= 4 is 80.1 Å². The van der Waals surface area contributed by atoms with E-state index < -0.39 is 5.41 Å². The van der Waals surface area contributed by atoms with E-state index in [1.807, 2.05) is 22.7 Å². The minimum atomic E-state index is -0.474. The molecule has 13 aromatic rings. The van der Waals surface area contributed by atoms with Crippen LogP contribution in [0, 0.1) is 0 Å². The van der Waals surface area contributed by atoms with Gasteiger partial charge in [-0.3, -0.25) is 0 Å². The van der Waals surface area contributed by atoms with Crippen LogP contribution < -0.4 is 4.90 Å². The molecule has 0 amide bonds. The van der Waals surface area contributed by atoms with Gasteiger partial charge in [0.05, 0.1) is 5.41 Å². The molecule has 0 radical (unpaired) electrons. The van der Waals surface area contributed by atoms with Crippen LogP contribution in [-0.4, -0.2) is 0 Å². The van der Waals surface area contributed by atoms with Gasteiger partial charge in [-0.1, -0.05) is 196 Å². The highest BCUT2D eigenvalue weighted by atomic mass is 32.1. The van der Waals surface area contributed by atoms with E-state index in [4.69, 9.17) is 0 Å². The number of hydrogen-bond acceptors (Lipinski definition) is 3. The molecule has 3 heteroatoms. The van der Waals surface area contributed by atoms with Crippen LogP contribution in [-0.2, 0) is 10.8 Å². The Morgan fingerprint density at radius 2 is 0.808 bits per heavy atom. The van der Waals surface area contributed by atoms with Crippen LogP contribution >= 0.6 is 22.7 Å². The highest BCUT2D eigenvalue weighted by molar-refractivity contribution is 7.26. The van der Waals surface area contributed by atoms with Crippen LogP contribution in [0.25, 0.3) is 84.9 Å². The lowest BCUT2D eigenvalue weighted by atomic mass is 9.68.